The zero-order valence-corrected chi connectivity index (χ0v) is 5.10. The summed E-state index contributed by atoms with van der Waals surface area (Å²) in [5.41, 5.74) is 0. The zero-order chi connectivity index (χ0) is 0. The Hall–Kier alpha value is 0.320. The van der Waals surface area contributed by atoms with Gasteiger partial charge in [0.25, 0.3) is 0 Å². The van der Waals surface area contributed by atoms with Gasteiger partial charge in [0.15, 0.2) is 0 Å². The summed E-state index contributed by atoms with van der Waals surface area (Å²) in [5, 5.41) is 0. The Bertz CT molecular complexity index is 4.14. The van der Waals surface area contributed by atoms with E-state index in [1.165, 1.54) is 0 Å². The molecule has 53 valence electrons. The molecule has 0 heterocycles. The van der Waals surface area contributed by atoms with Crippen LogP contribution >= 0.6 is 0 Å². The average molecular weight is 213 g/mol. The van der Waals surface area contributed by atoms with E-state index < -0.39 is 0 Å². The summed E-state index contributed by atoms with van der Waals surface area (Å²) in [5.74, 6) is 0. The number of rotatable bonds is 0. The molecule has 0 amide bonds. The van der Waals surface area contributed by atoms with Gasteiger partial charge in [-0.25, -0.2) is 0 Å². The molecule has 0 aliphatic rings. The molecule has 0 aliphatic carbocycles. The summed E-state index contributed by atoms with van der Waals surface area (Å²) in [6.07, 6.45) is 0. The molecule has 0 aromatic heterocycles. The maximum atomic E-state index is 0. The van der Waals surface area contributed by atoms with Gasteiger partial charge >= 0.3 is 0 Å². The van der Waals surface area contributed by atoms with E-state index in [-0.39, 0.29) is 50.6 Å². The molecule has 7 heteroatoms. The molecule has 0 saturated heterocycles. The first-order valence-electron chi connectivity index (χ1n) is 0. The standard InChI is InChI=1S/6FH.Nb/h6*1H;. The third-order valence-electron chi connectivity index (χ3n) is 0. The molecule has 0 unspecified atom stereocenters. The summed E-state index contributed by atoms with van der Waals surface area (Å²) in [4.78, 5) is 0. The second kappa shape index (κ2) is 1740. The number of hydrogen-bond donors (Lipinski definition) is 0. The van der Waals surface area contributed by atoms with Crippen molar-refractivity contribution in [3.63, 3.8) is 0 Å². The van der Waals surface area contributed by atoms with Gasteiger partial charge in [0.05, 0.1) is 0 Å². The predicted molar refractivity (Wildman–Crippen MR) is 15.0 cm³/mol. The van der Waals surface area contributed by atoms with Crippen molar-refractivity contribution in [1.29, 1.82) is 0 Å². The molecule has 0 bridgehead atoms. The van der Waals surface area contributed by atoms with Crippen LogP contribution in [0, 0.1) is 0 Å². The summed E-state index contributed by atoms with van der Waals surface area (Å²) in [6, 6.07) is 0. The topological polar surface area (TPSA) is 0 Å². The van der Waals surface area contributed by atoms with Crippen LogP contribution in [0.4, 0.5) is 28.2 Å². The Kier molecular flexibility index (Phi) is 710000. The summed E-state index contributed by atoms with van der Waals surface area (Å²) >= 11 is 0. The molecule has 0 spiro atoms. The van der Waals surface area contributed by atoms with Crippen LogP contribution in [-0.4, -0.2) is 0 Å². The molecule has 0 fully saturated rings. The summed E-state index contributed by atoms with van der Waals surface area (Å²) in [6.45, 7) is 0. The second-order valence-corrected chi connectivity index (χ2v) is 0. The van der Waals surface area contributed by atoms with E-state index in [0.29, 0.717) is 0 Å². The van der Waals surface area contributed by atoms with Gasteiger partial charge in [0.1, 0.15) is 0 Å². The minimum Gasteiger partial charge on any atom is -0.269 e. The smallest absolute Gasteiger partial charge is 0 e. The quantitative estimate of drug-likeness (QED) is 0.414. The molecule has 7 heavy (non-hydrogen) atoms. The number of hydrogen-bond acceptors (Lipinski definition) is 0. The molecule has 0 aliphatic heterocycles. The van der Waals surface area contributed by atoms with Crippen LogP contribution in [0.1, 0.15) is 0 Å². The van der Waals surface area contributed by atoms with Crippen LogP contribution in [0.3, 0.4) is 0 Å². The van der Waals surface area contributed by atoms with Gasteiger partial charge in [-0.3, -0.25) is 28.2 Å². The first-order chi connectivity index (χ1) is 0. The van der Waals surface area contributed by atoms with Crippen molar-refractivity contribution in [3.05, 3.63) is 0 Å². The van der Waals surface area contributed by atoms with Gasteiger partial charge in [-0.15, -0.1) is 0 Å². The third-order valence-corrected chi connectivity index (χ3v) is 0. The molecule has 1 radical (unpaired) electrons. The van der Waals surface area contributed by atoms with Crippen molar-refractivity contribution in [2.75, 3.05) is 0 Å². The van der Waals surface area contributed by atoms with Crippen molar-refractivity contribution in [2.24, 2.45) is 0 Å². The Morgan fingerprint density at radius 2 is 0.286 bits per heavy atom. The van der Waals surface area contributed by atoms with Crippen LogP contribution < -0.4 is 0 Å². The van der Waals surface area contributed by atoms with Crippen molar-refractivity contribution in [2.45, 2.75) is 0 Å². The SMILES string of the molecule is F.F.F.F.F.F.[Nb]. The Labute approximate surface area is 51.4 Å². The normalized spacial score (nSPS) is 0. The van der Waals surface area contributed by atoms with Gasteiger partial charge < -0.3 is 0 Å². The van der Waals surface area contributed by atoms with Gasteiger partial charge in [-0.05, 0) is 0 Å². The van der Waals surface area contributed by atoms with E-state index in [1.54, 1.807) is 0 Å². The maximum Gasteiger partial charge on any atom is 0 e. The number of halogens is 6. The maximum absolute atomic E-state index is 0. The minimum atomic E-state index is 0. The van der Waals surface area contributed by atoms with E-state index in [0.717, 1.165) is 0 Å². The van der Waals surface area contributed by atoms with Crippen LogP contribution in [0.15, 0.2) is 0 Å². The van der Waals surface area contributed by atoms with E-state index in [9.17, 15) is 0 Å². The van der Waals surface area contributed by atoms with E-state index in [2.05, 4.69) is 0 Å². The fraction of sp³-hybridized carbons (Fsp3) is 0. The first kappa shape index (κ1) is 2850. The Balaban J connectivity index is 0. The van der Waals surface area contributed by atoms with Gasteiger partial charge in [0, 0.05) is 22.4 Å². The van der Waals surface area contributed by atoms with Gasteiger partial charge in [0.2, 0.25) is 0 Å². The van der Waals surface area contributed by atoms with Crippen LogP contribution in [0.25, 0.3) is 0 Å². The Morgan fingerprint density at radius 1 is 0.286 bits per heavy atom. The molecule has 0 saturated carbocycles. The zero-order valence-electron chi connectivity index (χ0n) is 2.90. The molecule has 0 nitrogen and oxygen atoms in total. The molecule has 0 atom stereocenters. The van der Waals surface area contributed by atoms with Crippen molar-refractivity contribution >= 4 is 0 Å². The molecule has 0 aromatic rings. The van der Waals surface area contributed by atoms with Gasteiger partial charge in [-0.1, -0.05) is 0 Å². The average Bonchev–Trinajstić information content (AvgIpc) is 0. The minimum absolute atomic E-state index is 0. The third kappa shape index (κ3) is 1150. The summed E-state index contributed by atoms with van der Waals surface area (Å²) in [7, 11) is 0. The fourth-order valence-electron chi connectivity index (χ4n) is 0. The molecule has 0 aromatic carbocycles. The van der Waals surface area contributed by atoms with E-state index in [1.807, 2.05) is 0 Å². The van der Waals surface area contributed by atoms with Crippen molar-refractivity contribution < 1.29 is 50.6 Å². The molecular weight excluding hydrogens is 207 g/mol. The molecular formula is H6F6Nb. The molecule has 0 rings (SSSR count). The van der Waals surface area contributed by atoms with Crippen LogP contribution in [0.2, 0.25) is 0 Å². The van der Waals surface area contributed by atoms with Gasteiger partial charge in [-0.2, -0.15) is 0 Å². The second-order valence-electron chi connectivity index (χ2n) is 0. The van der Waals surface area contributed by atoms with Crippen molar-refractivity contribution in [1.82, 2.24) is 0 Å². The van der Waals surface area contributed by atoms with E-state index >= 15 is 0 Å². The molecule has 0 N–H and O–H groups in total. The summed E-state index contributed by atoms with van der Waals surface area (Å²) < 4.78 is 0. The van der Waals surface area contributed by atoms with E-state index in [4.69, 9.17) is 0 Å². The fourth-order valence-corrected chi connectivity index (χ4v) is 0. The van der Waals surface area contributed by atoms with Crippen LogP contribution in [0.5, 0.6) is 0 Å². The Morgan fingerprint density at radius 3 is 0.286 bits per heavy atom. The monoisotopic (exact) mass is 213 g/mol. The largest absolute Gasteiger partial charge is 0.269 e. The first-order valence-corrected chi connectivity index (χ1v) is 0. The van der Waals surface area contributed by atoms with Crippen molar-refractivity contribution in [3.8, 4) is 0 Å². The van der Waals surface area contributed by atoms with Crippen LogP contribution in [-0.2, 0) is 22.4 Å². The predicted octanol–water partition coefficient (Wildman–Crippen LogP) is 0.912.